The first kappa shape index (κ1) is 13.1. The lowest BCUT2D eigenvalue weighted by molar-refractivity contribution is 0.204. The van der Waals surface area contributed by atoms with Crippen LogP contribution in [0, 0.1) is 0 Å². The van der Waals surface area contributed by atoms with Gasteiger partial charge in [-0.2, -0.15) is 5.10 Å². The predicted molar refractivity (Wildman–Crippen MR) is 76.6 cm³/mol. The topological polar surface area (TPSA) is 108 Å². The molecule has 0 fully saturated rings. The average molecular weight is 286 g/mol. The van der Waals surface area contributed by atoms with E-state index in [2.05, 4.69) is 5.10 Å². The van der Waals surface area contributed by atoms with Crippen LogP contribution < -0.4 is 10.6 Å². The molecular formula is C15H14N2O4. The largest absolute Gasteiger partial charge is 0.508 e. The summed E-state index contributed by atoms with van der Waals surface area (Å²) in [6.07, 6.45) is 0.0219. The summed E-state index contributed by atoms with van der Waals surface area (Å²) in [5.41, 5.74) is 1.72. The Kier molecular flexibility index (Phi) is 3.06. The molecule has 0 amide bonds. The van der Waals surface area contributed by atoms with Gasteiger partial charge in [-0.15, -0.1) is 0 Å². The van der Waals surface area contributed by atoms with Crippen molar-refractivity contribution >= 4 is 5.71 Å². The number of phenols is 3. The van der Waals surface area contributed by atoms with Crippen LogP contribution in [0.25, 0.3) is 0 Å². The van der Waals surface area contributed by atoms with Crippen LogP contribution in [0.4, 0.5) is 0 Å². The van der Waals surface area contributed by atoms with Gasteiger partial charge < -0.3 is 25.9 Å². The molecule has 1 atom stereocenters. The maximum atomic E-state index is 9.92. The predicted octanol–water partition coefficient (Wildman–Crippen LogP) is 1.99. The first-order valence-electron chi connectivity index (χ1n) is 6.37. The first-order valence-corrected chi connectivity index (χ1v) is 6.37. The van der Waals surface area contributed by atoms with Gasteiger partial charge in [0.2, 0.25) is 0 Å². The molecule has 2 aromatic rings. The van der Waals surface area contributed by atoms with Crippen molar-refractivity contribution in [3.8, 4) is 23.0 Å². The number of hydrogen-bond donors (Lipinski definition) is 4. The van der Waals surface area contributed by atoms with Crippen LogP contribution in [0.5, 0.6) is 23.0 Å². The number of fused-ring (bicyclic) bond motifs is 1. The Bertz CT molecular complexity index is 710. The maximum Gasteiger partial charge on any atom is 0.136 e. The maximum absolute atomic E-state index is 9.92. The second-order valence-corrected chi connectivity index (χ2v) is 4.82. The summed E-state index contributed by atoms with van der Waals surface area (Å²) < 4.78 is 5.81. The molecule has 108 valence electrons. The zero-order chi connectivity index (χ0) is 15.0. The monoisotopic (exact) mass is 286 g/mol. The minimum absolute atomic E-state index is 0.103. The van der Waals surface area contributed by atoms with Gasteiger partial charge in [0.1, 0.15) is 29.1 Å². The van der Waals surface area contributed by atoms with Crippen LogP contribution in [0.15, 0.2) is 41.5 Å². The van der Waals surface area contributed by atoms with E-state index in [1.807, 2.05) is 0 Å². The van der Waals surface area contributed by atoms with Crippen molar-refractivity contribution in [3.63, 3.8) is 0 Å². The SMILES string of the molecule is N/N=C1\C[C@@H](c2ccc(O)cc2)Oc2cc(O)cc(O)c21. The summed E-state index contributed by atoms with van der Waals surface area (Å²) in [6, 6.07) is 9.23. The Morgan fingerprint density at radius 1 is 1.05 bits per heavy atom. The molecule has 1 aliphatic heterocycles. The summed E-state index contributed by atoms with van der Waals surface area (Å²) >= 11 is 0. The molecule has 1 heterocycles. The highest BCUT2D eigenvalue weighted by molar-refractivity contribution is 6.06. The van der Waals surface area contributed by atoms with E-state index >= 15 is 0 Å². The second kappa shape index (κ2) is 4.90. The highest BCUT2D eigenvalue weighted by Gasteiger charge is 2.29. The molecule has 0 unspecified atom stereocenters. The summed E-state index contributed by atoms with van der Waals surface area (Å²) in [4.78, 5) is 0. The van der Waals surface area contributed by atoms with Gasteiger partial charge in [-0.1, -0.05) is 12.1 Å². The van der Waals surface area contributed by atoms with E-state index in [0.717, 1.165) is 5.56 Å². The second-order valence-electron chi connectivity index (χ2n) is 4.82. The van der Waals surface area contributed by atoms with Crippen molar-refractivity contribution in [2.75, 3.05) is 0 Å². The minimum atomic E-state index is -0.360. The number of ether oxygens (including phenoxy) is 1. The van der Waals surface area contributed by atoms with E-state index in [4.69, 9.17) is 10.6 Å². The number of benzene rings is 2. The van der Waals surface area contributed by atoms with Gasteiger partial charge in [0, 0.05) is 18.6 Å². The Balaban J connectivity index is 2.04. The van der Waals surface area contributed by atoms with Crippen LogP contribution in [-0.4, -0.2) is 21.0 Å². The fourth-order valence-corrected chi connectivity index (χ4v) is 2.43. The van der Waals surface area contributed by atoms with Gasteiger partial charge in [0.05, 0.1) is 11.3 Å². The third-order valence-corrected chi connectivity index (χ3v) is 3.42. The van der Waals surface area contributed by atoms with E-state index in [9.17, 15) is 15.3 Å². The number of phenolic OH excluding ortho intramolecular Hbond substituents is 3. The Labute approximate surface area is 120 Å². The average Bonchev–Trinajstić information content (AvgIpc) is 2.46. The Hall–Kier alpha value is -2.89. The van der Waals surface area contributed by atoms with E-state index in [1.54, 1.807) is 24.3 Å². The Morgan fingerprint density at radius 2 is 1.76 bits per heavy atom. The molecule has 0 spiro atoms. The zero-order valence-electron chi connectivity index (χ0n) is 11.0. The number of nitrogens with zero attached hydrogens (tertiary/aromatic N) is 1. The van der Waals surface area contributed by atoms with Gasteiger partial charge in [-0.25, -0.2) is 0 Å². The number of rotatable bonds is 1. The summed E-state index contributed by atoms with van der Waals surface area (Å²) in [7, 11) is 0. The number of hydrogen-bond acceptors (Lipinski definition) is 6. The van der Waals surface area contributed by atoms with Crippen molar-refractivity contribution in [1.29, 1.82) is 0 Å². The summed E-state index contributed by atoms with van der Waals surface area (Å²) in [5, 5.41) is 32.6. The molecular weight excluding hydrogens is 272 g/mol. The van der Waals surface area contributed by atoms with Crippen molar-refractivity contribution < 1.29 is 20.1 Å². The molecule has 1 aliphatic rings. The van der Waals surface area contributed by atoms with E-state index in [1.165, 1.54) is 12.1 Å². The molecule has 2 aromatic carbocycles. The molecule has 0 aliphatic carbocycles. The molecule has 0 bridgehead atoms. The first-order chi connectivity index (χ1) is 10.1. The van der Waals surface area contributed by atoms with E-state index < -0.39 is 0 Å². The van der Waals surface area contributed by atoms with Crippen LogP contribution in [0.2, 0.25) is 0 Å². The number of aromatic hydroxyl groups is 3. The third kappa shape index (κ3) is 2.31. The van der Waals surface area contributed by atoms with Crippen molar-refractivity contribution in [2.45, 2.75) is 12.5 Å². The van der Waals surface area contributed by atoms with Crippen molar-refractivity contribution in [3.05, 3.63) is 47.5 Å². The zero-order valence-corrected chi connectivity index (χ0v) is 11.0. The molecule has 6 nitrogen and oxygen atoms in total. The van der Waals surface area contributed by atoms with E-state index in [0.29, 0.717) is 23.4 Å². The highest BCUT2D eigenvalue weighted by atomic mass is 16.5. The smallest absolute Gasteiger partial charge is 0.136 e. The molecule has 3 rings (SSSR count). The minimum Gasteiger partial charge on any atom is -0.508 e. The normalized spacial score (nSPS) is 19.0. The van der Waals surface area contributed by atoms with Gasteiger partial charge >= 0.3 is 0 Å². The van der Waals surface area contributed by atoms with Gasteiger partial charge in [-0.05, 0) is 17.7 Å². The van der Waals surface area contributed by atoms with Gasteiger partial charge in [0.25, 0.3) is 0 Å². The summed E-state index contributed by atoms with van der Waals surface area (Å²) in [6.45, 7) is 0. The van der Waals surface area contributed by atoms with Crippen LogP contribution in [0.3, 0.4) is 0 Å². The molecule has 0 saturated carbocycles. The van der Waals surface area contributed by atoms with E-state index in [-0.39, 0.29) is 23.4 Å². The van der Waals surface area contributed by atoms with Crippen LogP contribution in [0.1, 0.15) is 23.7 Å². The lowest BCUT2D eigenvalue weighted by atomic mass is 9.95. The van der Waals surface area contributed by atoms with Gasteiger partial charge in [0.15, 0.2) is 0 Å². The molecule has 6 heteroatoms. The lowest BCUT2D eigenvalue weighted by Gasteiger charge is -2.27. The molecule has 0 radical (unpaired) electrons. The lowest BCUT2D eigenvalue weighted by Crippen LogP contribution is -2.22. The van der Waals surface area contributed by atoms with Crippen LogP contribution >= 0.6 is 0 Å². The van der Waals surface area contributed by atoms with Gasteiger partial charge in [-0.3, -0.25) is 0 Å². The fourth-order valence-electron chi connectivity index (χ4n) is 2.43. The van der Waals surface area contributed by atoms with Crippen LogP contribution in [-0.2, 0) is 0 Å². The quantitative estimate of drug-likeness (QED) is 0.473. The fraction of sp³-hybridized carbons (Fsp3) is 0.133. The third-order valence-electron chi connectivity index (χ3n) is 3.42. The summed E-state index contributed by atoms with van der Waals surface area (Å²) in [5.74, 6) is 5.66. The van der Waals surface area contributed by atoms with Crippen molar-refractivity contribution in [1.82, 2.24) is 0 Å². The Morgan fingerprint density at radius 3 is 2.43 bits per heavy atom. The van der Waals surface area contributed by atoms with Crippen molar-refractivity contribution in [2.24, 2.45) is 10.9 Å². The molecule has 0 saturated heterocycles. The standard InChI is InChI=1S/C15H14N2O4/c16-17-11-7-13(8-1-3-9(18)4-2-8)21-14-6-10(19)5-12(20)15(11)14/h1-6,13,18-20H,7,16H2/b17-11+/t13-/m0/s1. The molecule has 0 aromatic heterocycles. The molecule has 21 heavy (non-hydrogen) atoms. The molecule has 5 N–H and O–H groups in total. The number of hydrazone groups is 1. The number of nitrogens with two attached hydrogens (primary N) is 1. The highest BCUT2D eigenvalue weighted by Crippen LogP contribution is 2.41.